The summed E-state index contributed by atoms with van der Waals surface area (Å²) in [6.45, 7) is 3.18. The monoisotopic (exact) mass is 337 g/mol. The lowest BCUT2D eigenvalue weighted by molar-refractivity contribution is -0.134. The zero-order valence-corrected chi connectivity index (χ0v) is 12.6. The standard InChI is InChI=1S/C14H16BrN3O2/c15-12-9-11(10-16)1-2-13(12)17-4-3-14(19)18-5-7-20-8-6-18/h1-2,9,17H,3-8H2. The molecule has 1 aliphatic heterocycles. The molecule has 1 aromatic rings. The van der Waals surface area contributed by atoms with Crippen molar-refractivity contribution in [3.05, 3.63) is 28.2 Å². The van der Waals surface area contributed by atoms with E-state index in [9.17, 15) is 4.79 Å². The number of morpholine rings is 1. The summed E-state index contributed by atoms with van der Waals surface area (Å²) in [5.41, 5.74) is 1.49. The number of carbonyl (C=O) groups is 1. The SMILES string of the molecule is N#Cc1ccc(NCCC(=O)N2CCOCC2)c(Br)c1. The molecule has 0 spiro atoms. The molecule has 0 atom stereocenters. The number of carbonyl (C=O) groups excluding carboxylic acids is 1. The number of nitriles is 1. The Morgan fingerprint density at radius 2 is 2.20 bits per heavy atom. The van der Waals surface area contributed by atoms with Gasteiger partial charge < -0.3 is 15.0 Å². The summed E-state index contributed by atoms with van der Waals surface area (Å²) in [7, 11) is 0. The molecular formula is C14H16BrN3O2. The van der Waals surface area contributed by atoms with Crippen LogP contribution in [0.4, 0.5) is 5.69 Å². The summed E-state index contributed by atoms with van der Waals surface area (Å²) in [4.78, 5) is 13.8. The van der Waals surface area contributed by atoms with Crippen LogP contribution in [0.2, 0.25) is 0 Å². The summed E-state index contributed by atoms with van der Waals surface area (Å²) in [6, 6.07) is 7.42. The van der Waals surface area contributed by atoms with Crippen LogP contribution in [0.1, 0.15) is 12.0 Å². The fourth-order valence-electron chi connectivity index (χ4n) is 2.00. The minimum absolute atomic E-state index is 0.144. The van der Waals surface area contributed by atoms with E-state index in [4.69, 9.17) is 10.00 Å². The van der Waals surface area contributed by atoms with E-state index in [0.717, 1.165) is 10.2 Å². The minimum Gasteiger partial charge on any atom is -0.384 e. The van der Waals surface area contributed by atoms with E-state index < -0.39 is 0 Å². The van der Waals surface area contributed by atoms with Crippen molar-refractivity contribution in [3.8, 4) is 6.07 Å². The van der Waals surface area contributed by atoms with E-state index in [-0.39, 0.29) is 5.91 Å². The maximum Gasteiger partial charge on any atom is 0.224 e. The third kappa shape index (κ3) is 3.95. The summed E-state index contributed by atoms with van der Waals surface area (Å²) < 4.78 is 6.05. The Morgan fingerprint density at radius 3 is 2.85 bits per heavy atom. The average Bonchev–Trinajstić information content (AvgIpc) is 2.49. The van der Waals surface area contributed by atoms with Gasteiger partial charge in [-0.25, -0.2) is 0 Å². The third-order valence-electron chi connectivity index (χ3n) is 3.12. The van der Waals surface area contributed by atoms with Crippen LogP contribution in [0, 0.1) is 11.3 Å². The molecule has 1 aromatic carbocycles. The van der Waals surface area contributed by atoms with Crippen LogP contribution < -0.4 is 5.32 Å². The Hall–Kier alpha value is -1.58. The quantitative estimate of drug-likeness (QED) is 0.912. The lowest BCUT2D eigenvalue weighted by Gasteiger charge is -2.27. The minimum atomic E-state index is 0.144. The van der Waals surface area contributed by atoms with Crippen molar-refractivity contribution in [2.45, 2.75) is 6.42 Å². The second-order valence-corrected chi connectivity index (χ2v) is 5.33. The van der Waals surface area contributed by atoms with Crippen LogP contribution in [0.3, 0.4) is 0 Å². The lowest BCUT2D eigenvalue weighted by Crippen LogP contribution is -2.41. The summed E-state index contributed by atoms with van der Waals surface area (Å²) in [5, 5.41) is 12.0. The van der Waals surface area contributed by atoms with Gasteiger partial charge in [0.05, 0.1) is 24.8 Å². The number of halogens is 1. The van der Waals surface area contributed by atoms with Gasteiger partial charge in [-0.2, -0.15) is 5.26 Å². The highest BCUT2D eigenvalue weighted by Gasteiger charge is 2.16. The van der Waals surface area contributed by atoms with Crippen molar-refractivity contribution in [3.63, 3.8) is 0 Å². The van der Waals surface area contributed by atoms with E-state index >= 15 is 0 Å². The first kappa shape index (κ1) is 14.8. The number of rotatable bonds is 4. The van der Waals surface area contributed by atoms with Crippen molar-refractivity contribution >= 4 is 27.5 Å². The smallest absolute Gasteiger partial charge is 0.224 e. The molecule has 1 N–H and O–H groups in total. The van der Waals surface area contributed by atoms with Crippen LogP contribution >= 0.6 is 15.9 Å². The van der Waals surface area contributed by atoms with Gasteiger partial charge >= 0.3 is 0 Å². The number of amides is 1. The Balaban J connectivity index is 1.80. The highest BCUT2D eigenvalue weighted by atomic mass is 79.9. The molecule has 0 aliphatic carbocycles. The second kappa shape index (κ2) is 7.27. The molecule has 20 heavy (non-hydrogen) atoms. The maximum absolute atomic E-state index is 11.9. The van der Waals surface area contributed by atoms with E-state index in [0.29, 0.717) is 44.8 Å². The molecule has 106 valence electrons. The molecule has 1 amide bonds. The zero-order chi connectivity index (χ0) is 14.4. The number of anilines is 1. The van der Waals surface area contributed by atoms with E-state index in [1.165, 1.54) is 0 Å². The van der Waals surface area contributed by atoms with E-state index in [1.54, 1.807) is 12.1 Å². The molecular weight excluding hydrogens is 322 g/mol. The van der Waals surface area contributed by atoms with Crippen molar-refractivity contribution in [2.24, 2.45) is 0 Å². The first-order chi connectivity index (χ1) is 9.70. The molecule has 0 unspecified atom stereocenters. The predicted octanol–water partition coefficient (Wildman–Crippen LogP) is 1.98. The molecule has 0 bridgehead atoms. The highest BCUT2D eigenvalue weighted by molar-refractivity contribution is 9.10. The van der Waals surface area contributed by atoms with Crippen molar-refractivity contribution < 1.29 is 9.53 Å². The molecule has 5 nitrogen and oxygen atoms in total. The predicted molar refractivity (Wildman–Crippen MR) is 79.4 cm³/mol. The number of hydrogen-bond acceptors (Lipinski definition) is 4. The normalized spacial score (nSPS) is 14.7. The number of ether oxygens (including phenoxy) is 1. The van der Waals surface area contributed by atoms with Crippen molar-refractivity contribution in [1.82, 2.24) is 4.90 Å². The highest BCUT2D eigenvalue weighted by Crippen LogP contribution is 2.23. The lowest BCUT2D eigenvalue weighted by atomic mass is 10.2. The van der Waals surface area contributed by atoms with Gasteiger partial charge in [0.25, 0.3) is 0 Å². The van der Waals surface area contributed by atoms with Gasteiger partial charge in [-0.1, -0.05) is 0 Å². The van der Waals surface area contributed by atoms with Crippen LogP contribution in [0.25, 0.3) is 0 Å². The Morgan fingerprint density at radius 1 is 1.45 bits per heavy atom. The molecule has 1 heterocycles. The maximum atomic E-state index is 11.9. The van der Waals surface area contributed by atoms with Gasteiger partial charge in [-0.05, 0) is 34.1 Å². The Labute approximate surface area is 126 Å². The number of hydrogen-bond donors (Lipinski definition) is 1. The van der Waals surface area contributed by atoms with Gasteiger partial charge in [0, 0.05) is 36.2 Å². The van der Waals surface area contributed by atoms with E-state index in [2.05, 4.69) is 27.3 Å². The van der Waals surface area contributed by atoms with Gasteiger partial charge in [-0.15, -0.1) is 0 Å². The fraction of sp³-hybridized carbons (Fsp3) is 0.429. The van der Waals surface area contributed by atoms with Crippen molar-refractivity contribution in [1.29, 1.82) is 5.26 Å². The zero-order valence-electron chi connectivity index (χ0n) is 11.1. The Bertz CT molecular complexity index is 522. The molecule has 1 fully saturated rings. The topological polar surface area (TPSA) is 65.4 Å². The summed E-state index contributed by atoms with van der Waals surface area (Å²) in [5.74, 6) is 0.144. The van der Waals surface area contributed by atoms with Gasteiger partial charge in [0.15, 0.2) is 0 Å². The van der Waals surface area contributed by atoms with Gasteiger partial charge in [0.1, 0.15) is 0 Å². The molecule has 0 radical (unpaired) electrons. The molecule has 0 aromatic heterocycles. The number of nitrogens with one attached hydrogen (secondary N) is 1. The van der Waals surface area contributed by atoms with Crippen LogP contribution in [-0.4, -0.2) is 43.7 Å². The molecule has 6 heteroatoms. The van der Waals surface area contributed by atoms with Crippen molar-refractivity contribution in [2.75, 3.05) is 38.2 Å². The van der Waals surface area contributed by atoms with Crippen LogP contribution in [-0.2, 0) is 9.53 Å². The first-order valence-corrected chi connectivity index (χ1v) is 7.29. The fourth-order valence-corrected chi connectivity index (χ4v) is 2.52. The molecule has 1 aliphatic rings. The van der Waals surface area contributed by atoms with Gasteiger partial charge in [-0.3, -0.25) is 4.79 Å². The number of benzene rings is 1. The molecule has 1 saturated heterocycles. The Kier molecular flexibility index (Phi) is 5.39. The number of nitrogens with zero attached hydrogens (tertiary/aromatic N) is 2. The summed E-state index contributed by atoms with van der Waals surface area (Å²) >= 11 is 3.41. The summed E-state index contributed by atoms with van der Waals surface area (Å²) in [6.07, 6.45) is 0.451. The third-order valence-corrected chi connectivity index (χ3v) is 3.77. The van der Waals surface area contributed by atoms with E-state index in [1.807, 2.05) is 11.0 Å². The molecule has 2 rings (SSSR count). The second-order valence-electron chi connectivity index (χ2n) is 4.48. The first-order valence-electron chi connectivity index (χ1n) is 6.50. The van der Waals surface area contributed by atoms with Gasteiger partial charge in [0.2, 0.25) is 5.91 Å². The average molecular weight is 338 g/mol. The van der Waals surface area contributed by atoms with Crippen LogP contribution in [0.5, 0.6) is 0 Å². The molecule has 0 saturated carbocycles. The van der Waals surface area contributed by atoms with Crippen LogP contribution in [0.15, 0.2) is 22.7 Å². The largest absolute Gasteiger partial charge is 0.384 e.